The van der Waals surface area contributed by atoms with Crippen LogP contribution in [0.1, 0.15) is 20.8 Å². The van der Waals surface area contributed by atoms with Crippen molar-refractivity contribution in [2.24, 2.45) is 5.41 Å². The van der Waals surface area contributed by atoms with Crippen LogP contribution in [0.3, 0.4) is 0 Å². The van der Waals surface area contributed by atoms with E-state index in [0.717, 1.165) is 0 Å². The minimum Gasteiger partial charge on any atom is -0.443 e. The van der Waals surface area contributed by atoms with E-state index in [9.17, 15) is 4.79 Å². The molecule has 0 atom stereocenters. The van der Waals surface area contributed by atoms with Crippen molar-refractivity contribution in [1.82, 2.24) is 5.32 Å². The summed E-state index contributed by atoms with van der Waals surface area (Å²) in [6.07, 6.45) is 1.65. The Morgan fingerprint density at radius 3 is 2.55 bits per heavy atom. The zero-order chi connectivity index (χ0) is 8.91. The largest absolute Gasteiger partial charge is 0.443 e. The smallest absolute Gasteiger partial charge is 0.312 e. The third-order valence-electron chi connectivity index (χ3n) is 0.967. The Labute approximate surface area is 66.1 Å². The molecule has 0 unspecified atom stereocenters. The summed E-state index contributed by atoms with van der Waals surface area (Å²) >= 11 is 0. The average Bonchev–Trinajstić information content (AvgIpc) is 1.86. The first-order valence-corrected chi connectivity index (χ1v) is 3.27. The van der Waals surface area contributed by atoms with Crippen molar-refractivity contribution in [2.75, 3.05) is 6.73 Å². The molecule has 0 saturated carbocycles. The molecular formula is C7H12N2O2. The number of ether oxygens (including phenoxy) is 1. The highest BCUT2D eigenvalue weighted by molar-refractivity contribution is 5.75. The van der Waals surface area contributed by atoms with Crippen LogP contribution in [-0.2, 0) is 9.53 Å². The first-order valence-electron chi connectivity index (χ1n) is 3.27. The van der Waals surface area contributed by atoms with E-state index in [0.29, 0.717) is 0 Å². The molecule has 62 valence electrons. The lowest BCUT2D eigenvalue weighted by atomic mass is 9.98. The predicted molar refractivity (Wildman–Crippen MR) is 39.2 cm³/mol. The maximum absolute atomic E-state index is 11.0. The SMILES string of the molecule is CC(C)(C)C(=O)OCNC#N. The van der Waals surface area contributed by atoms with Crippen LogP contribution in [0.5, 0.6) is 0 Å². The van der Waals surface area contributed by atoms with Crippen molar-refractivity contribution in [2.45, 2.75) is 20.8 Å². The van der Waals surface area contributed by atoms with Crippen LogP contribution < -0.4 is 5.32 Å². The second-order valence-corrected chi connectivity index (χ2v) is 3.11. The minimum atomic E-state index is -0.503. The monoisotopic (exact) mass is 156 g/mol. The molecule has 0 aromatic carbocycles. The predicted octanol–water partition coefficient (Wildman–Crippen LogP) is 0.604. The number of nitrogens with one attached hydrogen (secondary N) is 1. The highest BCUT2D eigenvalue weighted by Crippen LogP contribution is 2.14. The number of nitrogens with zero attached hydrogens (tertiary/aromatic N) is 1. The highest BCUT2D eigenvalue weighted by Gasteiger charge is 2.22. The van der Waals surface area contributed by atoms with Crippen molar-refractivity contribution >= 4 is 5.97 Å². The van der Waals surface area contributed by atoms with Crippen molar-refractivity contribution in [1.29, 1.82) is 5.26 Å². The van der Waals surface area contributed by atoms with Gasteiger partial charge >= 0.3 is 5.97 Å². The molecule has 1 N–H and O–H groups in total. The van der Waals surface area contributed by atoms with Crippen molar-refractivity contribution in [3.8, 4) is 6.19 Å². The number of nitriles is 1. The molecule has 0 aliphatic carbocycles. The van der Waals surface area contributed by atoms with Crippen LogP contribution in [0.4, 0.5) is 0 Å². The minimum absolute atomic E-state index is 0.0490. The molecule has 0 saturated heterocycles. The van der Waals surface area contributed by atoms with Gasteiger partial charge in [0.2, 0.25) is 0 Å². The molecule has 0 radical (unpaired) electrons. The molecule has 0 aliphatic heterocycles. The summed E-state index contributed by atoms with van der Waals surface area (Å²) in [5.41, 5.74) is -0.503. The molecule has 0 aliphatic rings. The fourth-order valence-corrected chi connectivity index (χ4v) is 0.350. The van der Waals surface area contributed by atoms with Crippen LogP contribution in [0.25, 0.3) is 0 Å². The second kappa shape index (κ2) is 3.81. The second-order valence-electron chi connectivity index (χ2n) is 3.11. The van der Waals surface area contributed by atoms with Crippen LogP contribution in [0.2, 0.25) is 0 Å². The van der Waals surface area contributed by atoms with Gasteiger partial charge < -0.3 is 4.74 Å². The van der Waals surface area contributed by atoms with Crippen LogP contribution in [-0.4, -0.2) is 12.7 Å². The molecule has 0 bridgehead atoms. The molecule has 0 aromatic heterocycles. The van der Waals surface area contributed by atoms with Crippen molar-refractivity contribution in [3.63, 3.8) is 0 Å². The standard InChI is InChI=1S/C7H12N2O2/c1-7(2,3)6(10)11-5-9-4-8/h9H,5H2,1-3H3. The third kappa shape index (κ3) is 4.20. The normalized spacial score (nSPS) is 10.0. The number of carbonyl (C=O) groups excluding carboxylic acids is 1. The molecule has 11 heavy (non-hydrogen) atoms. The van der Waals surface area contributed by atoms with E-state index in [1.807, 2.05) is 0 Å². The van der Waals surface area contributed by atoms with E-state index in [2.05, 4.69) is 10.1 Å². The Morgan fingerprint density at radius 1 is 1.64 bits per heavy atom. The molecule has 0 aromatic rings. The Balaban J connectivity index is 3.64. The zero-order valence-corrected chi connectivity index (χ0v) is 6.97. The topological polar surface area (TPSA) is 62.1 Å². The molecule has 0 heterocycles. The van der Waals surface area contributed by atoms with Gasteiger partial charge in [-0.15, -0.1) is 0 Å². The lowest BCUT2D eigenvalue weighted by Crippen LogP contribution is -2.26. The van der Waals surface area contributed by atoms with Gasteiger partial charge in [0, 0.05) is 0 Å². The molecular weight excluding hydrogens is 144 g/mol. The number of esters is 1. The van der Waals surface area contributed by atoms with E-state index in [4.69, 9.17) is 5.26 Å². The summed E-state index contributed by atoms with van der Waals surface area (Å²) in [4.78, 5) is 11.0. The quantitative estimate of drug-likeness (QED) is 0.209. The van der Waals surface area contributed by atoms with Crippen LogP contribution in [0.15, 0.2) is 0 Å². The van der Waals surface area contributed by atoms with Gasteiger partial charge in [0.05, 0.1) is 5.41 Å². The summed E-state index contributed by atoms with van der Waals surface area (Å²) in [6.45, 7) is 5.21. The van der Waals surface area contributed by atoms with Gasteiger partial charge in [-0.3, -0.25) is 10.1 Å². The Morgan fingerprint density at radius 2 is 2.18 bits per heavy atom. The fraction of sp³-hybridized carbons (Fsp3) is 0.714. The van der Waals surface area contributed by atoms with Crippen molar-refractivity contribution in [3.05, 3.63) is 0 Å². The Kier molecular flexibility index (Phi) is 3.38. The van der Waals surface area contributed by atoms with E-state index < -0.39 is 5.41 Å². The zero-order valence-electron chi connectivity index (χ0n) is 6.97. The van der Waals surface area contributed by atoms with Gasteiger partial charge in [0.15, 0.2) is 12.9 Å². The number of hydrogen-bond donors (Lipinski definition) is 1. The summed E-state index contributed by atoms with van der Waals surface area (Å²) in [7, 11) is 0. The Bertz CT molecular complexity index is 176. The number of rotatable bonds is 2. The van der Waals surface area contributed by atoms with Gasteiger partial charge in [-0.2, -0.15) is 5.26 Å². The third-order valence-corrected chi connectivity index (χ3v) is 0.967. The first kappa shape index (κ1) is 9.76. The molecule has 0 rings (SSSR count). The van der Waals surface area contributed by atoms with E-state index in [1.165, 1.54) is 0 Å². The molecule has 4 heteroatoms. The Hall–Kier alpha value is -1.24. The summed E-state index contributed by atoms with van der Waals surface area (Å²) in [6, 6.07) is 0. The van der Waals surface area contributed by atoms with Crippen molar-refractivity contribution < 1.29 is 9.53 Å². The highest BCUT2D eigenvalue weighted by atomic mass is 16.5. The molecule has 0 amide bonds. The van der Waals surface area contributed by atoms with E-state index in [-0.39, 0.29) is 12.7 Å². The number of hydrogen-bond acceptors (Lipinski definition) is 4. The maximum Gasteiger partial charge on any atom is 0.312 e. The van der Waals surface area contributed by atoms with Gasteiger partial charge in [-0.1, -0.05) is 0 Å². The van der Waals surface area contributed by atoms with Gasteiger partial charge in [-0.25, -0.2) is 0 Å². The van der Waals surface area contributed by atoms with E-state index in [1.54, 1.807) is 27.0 Å². The summed E-state index contributed by atoms with van der Waals surface area (Å²) < 4.78 is 4.67. The maximum atomic E-state index is 11.0. The molecule has 0 spiro atoms. The van der Waals surface area contributed by atoms with Crippen LogP contribution in [0, 0.1) is 16.9 Å². The lowest BCUT2D eigenvalue weighted by molar-refractivity contribution is -0.153. The summed E-state index contributed by atoms with van der Waals surface area (Å²) in [5, 5.41) is 10.2. The van der Waals surface area contributed by atoms with Gasteiger partial charge in [-0.05, 0) is 20.8 Å². The summed E-state index contributed by atoms with van der Waals surface area (Å²) in [5.74, 6) is -0.319. The molecule has 0 fully saturated rings. The lowest BCUT2D eigenvalue weighted by Gasteiger charge is -2.15. The fourth-order valence-electron chi connectivity index (χ4n) is 0.350. The van der Waals surface area contributed by atoms with Gasteiger partial charge in [0.25, 0.3) is 0 Å². The average molecular weight is 156 g/mol. The van der Waals surface area contributed by atoms with Crippen LogP contribution >= 0.6 is 0 Å². The van der Waals surface area contributed by atoms with E-state index >= 15 is 0 Å². The van der Waals surface area contributed by atoms with Gasteiger partial charge in [0.1, 0.15) is 0 Å². The number of carbonyl (C=O) groups is 1. The molecule has 4 nitrogen and oxygen atoms in total. The first-order chi connectivity index (χ1) is 4.98.